The van der Waals surface area contributed by atoms with E-state index in [0.717, 1.165) is 0 Å². The molecule has 0 aliphatic rings. The van der Waals surface area contributed by atoms with Gasteiger partial charge in [0.05, 0.1) is 18.4 Å². The van der Waals surface area contributed by atoms with Gasteiger partial charge in [-0.3, -0.25) is 4.79 Å². The summed E-state index contributed by atoms with van der Waals surface area (Å²) in [5.41, 5.74) is 1.83. The molecular weight excluding hydrogens is 386 g/mol. The number of carbonyl (C=O) groups is 2. The van der Waals surface area contributed by atoms with Crippen LogP contribution in [0.4, 0.5) is 16.2 Å². The van der Waals surface area contributed by atoms with Crippen molar-refractivity contribution in [2.45, 2.75) is 26.8 Å². The molecule has 3 rings (SSSR count). The lowest BCUT2D eigenvalue weighted by molar-refractivity contribution is 0.102. The molecule has 10 nitrogen and oxygen atoms in total. The van der Waals surface area contributed by atoms with Crippen LogP contribution >= 0.6 is 0 Å². The molecule has 3 amide bonds. The molecule has 0 aliphatic carbocycles. The molecule has 0 saturated heterocycles. The molecule has 10 heteroatoms. The van der Waals surface area contributed by atoms with E-state index in [9.17, 15) is 9.59 Å². The maximum atomic E-state index is 12.9. The van der Waals surface area contributed by atoms with E-state index in [1.54, 1.807) is 56.5 Å². The second-order valence-corrected chi connectivity index (χ2v) is 6.78. The van der Waals surface area contributed by atoms with E-state index in [1.807, 2.05) is 13.8 Å². The first-order valence-electron chi connectivity index (χ1n) is 9.30. The summed E-state index contributed by atoms with van der Waals surface area (Å²) in [4.78, 5) is 24.9. The second kappa shape index (κ2) is 9.03. The average molecular weight is 409 g/mol. The highest BCUT2D eigenvalue weighted by Gasteiger charge is 2.16. The summed E-state index contributed by atoms with van der Waals surface area (Å²) in [6.45, 7) is 5.46. The number of rotatable bonds is 6. The Bertz CT molecular complexity index is 1060. The Morgan fingerprint density at radius 2 is 1.87 bits per heavy atom. The van der Waals surface area contributed by atoms with Crippen LogP contribution in [0.25, 0.3) is 5.69 Å². The minimum Gasteiger partial charge on any atom is -0.494 e. The number of para-hydroxylation sites is 1. The van der Waals surface area contributed by atoms with Crippen molar-refractivity contribution in [2.75, 3.05) is 17.7 Å². The Kier molecular flexibility index (Phi) is 6.26. The SMILES string of the molecule is COc1ccc(NC(=O)c2ccccc2NC(=O)NC(C)C)cc1-n1nnnc1C. The van der Waals surface area contributed by atoms with Crippen LogP contribution in [0.3, 0.4) is 0 Å². The van der Waals surface area contributed by atoms with E-state index < -0.39 is 0 Å². The molecule has 0 bridgehead atoms. The standard InChI is InChI=1S/C20H23N7O3/c1-12(2)21-20(29)23-16-8-6-5-7-15(16)19(28)22-14-9-10-18(30-4)17(11-14)27-13(3)24-25-26-27/h5-12H,1-4H3,(H,22,28)(H2,21,23,29). The summed E-state index contributed by atoms with van der Waals surface area (Å²) in [6, 6.07) is 11.5. The smallest absolute Gasteiger partial charge is 0.319 e. The molecule has 3 aromatic rings. The van der Waals surface area contributed by atoms with Crippen molar-refractivity contribution in [2.24, 2.45) is 0 Å². The van der Waals surface area contributed by atoms with Gasteiger partial charge in [0.25, 0.3) is 5.91 Å². The number of anilines is 2. The van der Waals surface area contributed by atoms with Crippen LogP contribution in [0.2, 0.25) is 0 Å². The number of nitrogens with one attached hydrogen (secondary N) is 3. The lowest BCUT2D eigenvalue weighted by atomic mass is 10.1. The third-order valence-corrected chi connectivity index (χ3v) is 4.13. The summed E-state index contributed by atoms with van der Waals surface area (Å²) in [5.74, 6) is 0.748. The summed E-state index contributed by atoms with van der Waals surface area (Å²) >= 11 is 0. The zero-order chi connectivity index (χ0) is 21.7. The van der Waals surface area contributed by atoms with Gasteiger partial charge in [0.2, 0.25) is 0 Å². The molecule has 0 unspecified atom stereocenters. The maximum Gasteiger partial charge on any atom is 0.319 e. The first-order chi connectivity index (χ1) is 14.4. The van der Waals surface area contributed by atoms with Crippen LogP contribution < -0.4 is 20.7 Å². The number of tetrazole rings is 1. The quantitative estimate of drug-likeness (QED) is 0.575. The Balaban J connectivity index is 1.85. The molecule has 0 atom stereocenters. The number of amides is 3. The van der Waals surface area contributed by atoms with Gasteiger partial charge in [0, 0.05) is 11.7 Å². The molecule has 0 fully saturated rings. The Morgan fingerprint density at radius 3 is 2.53 bits per heavy atom. The summed E-state index contributed by atoms with van der Waals surface area (Å²) in [5, 5.41) is 19.8. The molecule has 30 heavy (non-hydrogen) atoms. The average Bonchev–Trinajstić information content (AvgIpc) is 3.13. The van der Waals surface area contributed by atoms with E-state index in [1.165, 1.54) is 4.68 Å². The number of carbonyl (C=O) groups excluding carboxylic acids is 2. The minimum atomic E-state index is -0.383. The molecule has 1 heterocycles. The molecule has 2 aromatic carbocycles. The van der Waals surface area contributed by atoms with E-state index in [2.05, 4.69) is 31.5 Å². The third kappa shape index (κ3) is 4.72. The van der Waals surface area contributed by atoms with Crippen molar-refractivity contribution in [3.63, 3.8) is 0 Å². The van der Waals surface area contributed by atoms with Crippen molar-refractivity contribution in [3.8, 4) is 11.4 Å². The zero-order valence-electron chi connectivity index (χ0n) is 17.1. The fourth-order valence-corrected chi connectivity index (χ4v) is 2.80. The maximum absolute atomic E-state index is 12.9. The van der Waals surface area contributed by atoms with E-state index in [0.29, 0.717) is 34.2 Å². The predicted octanol–water partition coefficient (Wildman–Crippen LogP) is 2.76. The highest BCUT2D eigenvalue weighted by molar-refractivity contribution is 6.10. The summed E-state index contributed by atoms with van der Waals surface area (Å²) in [6.07, 6.45) is 0. The van der Waals surface area contributed by atoms with Crippen LogP contribution in [0.1, 0.15) is 30.0 Å². The van der Waals surface area contributed by atoms with Crippen molar-refractivity contribution >= 4 is 23.3 Å². The van der Waals surface area contributed by atoms with Crippen LogP contribution in [0, 0.1) is 6.92 Å². The number of aryl methyl sites for hydroxylation is 1. The fraction of sp³-hybridized carbons (Fsp3) is 0.250. The van der Waals surface area contributed by atoms with E-state index >= 15 is 0 Å². The van der Waals surface area contributed by atoms with Crippen molar-refractivity contribution in [3.05, 3.63) is 53.9 Å². The number of benzene rings is 2. The van der Waals surface area contributed by atoms with Crippen molar-refractivity contribution in [1.29, 1.82) is 0 Å². The van der Waals surface area contributed by atoms with Gasteiger partial charge >= 0.3 is 6.03 Å². The van der Waals surface area contributed by atoms with Gasteiger partial charge in [0.1, 0.15) is 11.4 Å². The fourth-order valence-electron chi connectivity index (χ4n) is 2.80. The highest BCUT2D eigenvalue weighted by atomic mass is 16.5. The summed E-state index contributed by atoms with van der Waals surface area (Å²) < 4.78 is 6.89. The molecular formula is C20H23N7O3. The van der Waals surface area contributed by atoms with Gasteiger partial charge < -0.3 is 20.7 Å². The topological polar surface area (TPSA) is 123 Å². The van der Waals surface area contributed by atoms with Gasteiger partial charge in [0.15, 0.2) is 5.82 Å². The number of hydrogen-bond donors (Lipinski definition) is 3. The molecule has 0 saturated carbocycles. The summed E-state index contributed by atoms with van der Waals surface area (Å²) in [7, 11) is 1.54. The highest BCUT2D eigenvalue weighted by Crippen LogP contribution is 2.27. The van der Waals surface area contributed by atoms with Gasteiger partial charge in [-0.1, -0.05) is 12.1 Å². The van der Waals surface area contributed by atoms with Crippen LogP contribution in [0.5, 0.6) is 5.75 Å². The lowest BCUT2D eigenvalue weighted by Gasteiger charge is -2.14. The van der Waals surface area contributed by atoms with Crippen molar-refractivity contribution in [1.82, 2.24) is 25.5 Å². The number of urea groups is 1. The first-order valence-corrected chi connectivity index (χ1v) is 9.30. The van der Waals surface area contributed by atoms with Gasteiger partial charge in [-0.15, -0.1) is 5.10 Å². The molecule has 1 aromatic heterocycles. The zero-order valence-corrected chi connectivity index (χ0v) is 17.1. The molecule has 0 radical (unpaired) electrons. The van der Waals surface area contributed by atoms with Gasteiger partial charge in [-0.05, 0) is 61.5 Å². The number of methoxy groups -OCH3 is 1. The molecule has 0 spiro atoms. The normalized spacial score (nSPS) is 10.6. The van der Waals surface area contributed by atoms with E-state index in [-0.39, 0.29) is 18.0 Å². The second-order valence-electron chi connectivity index (χ2n) is 6.78. The molecule has 156 valence electrons. The van der Waals surface area contributed by atoms with Crippen LogP contribution in [-0.2, 0) is 0 Å². The van der Waals surface area contributed by atoms with E-state index in [4.69, 9.17) is 4.74 Å². The van der Waals surface area contributed by atoms with Gasteiger partial charge in [-0.2, -0.15) is 4.68 Å². The largest absolute Gasteiger partial charge is 0.494 e. The van der Waals surface area contributed by atoms with Gasteiger partial charge in [-0.25, -0.2) is 4.79 Å². The Labute approximate surface area is 173 Å². The van der Waals surface area contributed by atoms with Crippen molar-refractivity contribution < 1.29 is 14.3 Å². The molecule has 3 N–H and O–H groups in total. The Hall–Kier alpha value is -3.95. The monoisotopic (exact) mass is 409 g/mol. The van der Waals surface area contributed by atoms with Crippen LogP contribution in [0.15, 0.2) is 42.5 Å². The minimum absolute atomic E-state index is 0.0292. The third-order valence-electron chi connectivity index (χ3n) is 4.13. The lowest BCUT2D eigenvalue weighted by Crippen LogP contribution is -2.34. The number of ether oxygens (including phenoxy) is 1. The molecule has 0 aliphatic heterocycles. The number of nitrogens with zero attached hydrogens (tertiary/aromatic N) is 4. The first kappa shape index (κ1) is 20.8. The van der Waals surface area contributed by atoms with Crippen LogP contribution in [-0.4, -0.2) is 45.3 Å². The number of hydrogen-bond acceptors (Lipinski definition) is 6. The Morgan fingerprint density at radius 1 is 1.10 bits per heavy atom. The predicted molar refractivity (Wildman–Crippen MR) is 112 cm³/mol. The number of aromatic nitrogens is 4.